The van der Waals surface area contributed by atoms with Gasteiger partial charge in [-0.05, 0) is 61.8 Å². The van der Waals surface area contributed by atoms with Crippen molar-refractivity contribution in [2.75, 3.05) is 18.1 Å². The van der Waals surface area contributed by atoms with E-state index in [-0.39, 0.29) is 5.60 Å². The third-order valence-electron chi connectivity index (χ3n) is 4.68. The number of hydrogen-bond donors (Lipinski definition) is 1. The molecule has 1 spiro atoms. The Balaban J connectivity index is 1.83. The van der Waals surface area contributed by atoms with Crippen LogP contribution in [0, 0.1) is 12.8 Å². The van der Waals surface area contributed by atoms with Crippen molar-refractivity contribution in [1.82, 2.24) is 0 Å². The van der Waals surface area contributed by atoms with Crippen LogP contribution in [-0.4, -0.2) is 28.8 Å². The second-order valence-electron chi connectivity index (χ2n) is 6.10. The number of aryl methyl sites for hydroxylation is 1. The van der Waals surface area contributed by atoms with Gasteiger partial charge in [-0.25, -0.2) is 0 Å². The Labute approximate surface area is 123 Å². The lowest BCUT2D eigenvalue weighted by Gasteiger charge is -2.43. The minimum atomic E-state index is -0.706. The lowest BCUT2D eigenvalue weighted by atomic mass is 9.75. The number of thioether (sulfide) groups is 1. The Morgan fingerprint density at radius 2 is 2.37 bits per heavy atom. The second kappa shape index (κ2) is 5.06. The summed E-state index contributed by atoms with van der Waals surface area (Å²) in [6.45, 7) is 4.89. The number of aliphatic hydroxyl groups is 1. The third kappa shape index (κ3) is 2.48. The zero-order valence-electron chi connectivity index (χ0n) is 11.6. The van der Waals surface area contributed by atoms with E-state index >= 15 is 0 Å². The molecule has 2 saturated heterocycles. The normalized spacial score (nSPS) is 34.6. The molecule has 1 aromatic rings. The highest BCUT2D eigenvalue weighted by Crippen LogP contribution is 2.47. The first-order valence-electron chi connectivity index (χ1n) is 7.02. The molecular weight excluding hydrogens is 276 g/mol. The Morgan fingerprint density at radius 1 is 1.53 bits per heavy atom. The standard InChI is InChI=1S/C15H22O2S2/c1-11-4-7-19-13(11)14(2,16)12-3-6-17-15(9-12)5-8-18-10-15/h4,7,12,16H,3,5-6,8-10H2,1-2H3. The lowest BCUT2D eigenvalue weighted by molar-refractivity contribution is -0.128. The SMILES string of the molecule is Cc1ccsc1C(C)(O)C1CCOC2(CCSC2)C1. The van der Waals surface area contributed by atoms with Crippen molar-refractivity contribution in [3.8, 4) is 0 Å². The van der Waals surface area contributed by atoms with Crippen molar-refractivity contribution >= 4 is 23.1 Å². The summed E-state index contributed by atoms with van der Waals surface area (Å²) in [6.07, 6.45) is 3.12. The predicted octanol–water partition coefficient (Wildman–Crippen LogP) is 3.57. The van der Waals surface area contributed by atoms with E-state index < -0.39 is 5.60 Å². The van der Waals surface area contributed by atoms with E-state index in [1.807, 2.05) is 18.7 Å². The molecule has 3 rings (SSSR count). The molecule has 4 heteroatoms. The Hall–Kier alpha value is -0.0300. The van der Waals surface area contributed by atoms with Gasteiger partial charge in [0.25, 0.3) is 0 Å². The molecule has 0 bridgehead atoms. The molecule has 0 amide bonds. The summed E-state index contributed by atoms with van der Waals surface area (Å²) in [5.74, 6) is 2.62. The average molecular weight is 298 g/mol. The Bertz CT molecular complexity index is 447. The summed E-state index contributed by atoms with van der Waals surface area (Å²) in [7, 11) is 0. The molecule has 106 valence electrons. The summed E-state index contributed by atoms with van der Waals surface area (Å²) < 4.78 is 6.07. The summed E-state index contributed by atoms with van der Waals surface area (Å²) in [5, 5.41) is 13.2. The summed E-state index contributed by atoms with van der Waals surface area (Å²) in [6, 6.07) is 2.11. The lowest BCUT2D eigenvalue weighted by Crippen LogP contribution is -2.46. The maximum Gasteiger partial charge on any atom is 0.0992 e. The van der Waals surface area contributed by atoms with Gasteiger partial charge in [0.15, 0.2) is 0 Å². The van der Waals surface area contributed by atoms with E-state index in [0.29, 0.717) is 5.92 Å². The number of ether oxygens (including phenoxy) is 1. The smallest absolute Gasteiger partial charge is 0.0992 e. The fourth-order valence-electron chi connectivity index (χ4n) is 3.45. The van der Waals surface area contributed by atoms with E-state index in [1.165, 1.54) is 11.3 Å². The van der Waals surface area contributed by atoms with Crippen LogP contribution in [0.25, 0.3) is 0 Å². The van der Waals surface area contributed by atoms with Crippen LogP contribution in [0.2, 0.25) is 0 Å². The van der Waals surface area contributed by atoms with Crippen LogP contribution in [0.3, 0.4) is 0 Å². The molecular formula is C15H22O2S2. The average Bonchev–Trinajstić information content (AvgIpc) is 2.99. The zero-order chi connectivity index (χ0) is 13.5. The van der Waals surface area contributed by atoms with Gasteiger partial charge in [-0.3, -0.25) is 0 Å². The fourth-order valence-corrected chi connectivity index (χ4v) is 5.89. The molecule has 0 aromatic carbocycles. The Kier molecular flexibility index (Phi) is 3.71. The van der Waals surface area contributed by atoms with Crippen LogP contribution >= 0.6 is 23.1 Å². The number of rotatable bonds is 2. The molecule has 1 N–H and O–H groups in total. The Morgan fingerprint density at radius 3 is 3.00 bits per heavy atom. The van der Waals surface area contributed by atoms with Crippen LogP contribution in [0.1, 0.15) is 36.6 Å². The summed E-state index contributed by atoms with van der Waals surface area (Å²) in [4.78, 5) is 1.14. The molecule has 3 unspecified atom stereocenters. The van der Waals surface area contributed by atoms with Gasteiger partial charge < -0.3 is 9.84 Å². The number of hydrogen-bond acceptors (Lipinski definition) is 4. The van der Waals surface area contributed by atoms with Crippen molar-refractivity contribution in [1.29, 1.82) is 0 Å². The number of thiophene rings is 1. The van der Waals surface area contributed by atoms with Crippen LogP contribution in [0.15, 0.2) is 11.4 Å². The molecule has 3 heterocycles. The van der Waals surface area contributed by atoms with E-state index in [0.717, 1.165) is 36.5 Å². The molecule has 2 aliphatic rings. The fraction of sp³-hybridized carbons (Fsp3) is 0.733. The van der Waals surface area contributed by atoms with Crippen molar-refractivity contribution in [2.24, 2.45) is 5.92 Å². The van der Waals surface area contributed by atoms with Gasteiger partial charge in [0.05, 0.1) is 11.2 Å². The topological polar surface area (TPSA) is 29.5 Å². The largest absolute Gasteiger partial charge is 0.384 e. The minimum absolute atomic E-state index is 0.0444. The van der Waals surface area contributed by atoms with Gasteiger partial charge in [-0.1, -0.05) is 0 Å². The highest BCUT2D eigenvalue weighted by molar-refractivity contribution is 7.99. The summed E-state index contributed by atoms with van der Waals surface area (Å²) >= 11 is 3.67. The molecule has 2 aliphatic heterocycles. The minimum Gasteiger partial charge on any atom is -0.384 e. The molecule has 0 radical (unpaired) electrons. The molecule has 1 aromatic heterocycles. The first-order valence-corrected chi connectivity index (χ1v) is 9.06. The van der Waals surface area contributed by atoms with Crippen molar-refractivity contribution in [2.45, 2.75) is 44.3 Å². The van der Waals surface area contributed by atoms with Crippen molar-refractivity contribution in [3.05, 3.63) is 21.9 Å². The van der Waals surface area contributed by atoms with E-state index in [4.69, 9.17) is 4.74 Å². The maximum atomic E-state index is 11.1. The van der Waals surface area contributed by atoms with Crippen molar-refractivity contribution < 1.29 is 9.84 Å². The zero-order valence-corrected chi connectivity index (χ0v) is 13.3. The van der Waals surface area contributed by atoms with Crippen LogP contribution in [0.5, 0.6) is 0 Å². The molecule has 0 aliphatic carbocycles. The van der Waals surface area contributed by atoms with E-state index in [2.05, 4.69) is 18.4 Å². The molecule has 3 atom stereocenters. The highest BCUT2D eigenvalue weighted by atomic mass is 32.2. The second-order valence-corrected chi connectivity index (χ2v) is 8.13. The molecule has 0 saturated carbocycles. The van der Waals surface area contributed by atoms with E-state index in [9.17, 15) is 5.11 Å². The van der Waals surface area contributed by atoms with Crippen LogP contribution < -0.4 is 0 Å². The monoisotopic (exact) mass is 298 g/mol. The van der Waals surface area contributed by atoms with Gasteiger partial charge in [-0.15, -0.1) is 11.3 Å². The van der Waals surface area contributed by atoms with E-state index in [1.54, 1.807) is 11.3 Å². The first-order chi connectivity index (χ1) is 9.04. The highest BCUT2D eigenvalue weighted by Gasteiger charge is 2.46. The maximum absolute atomic E-state index is 11.1. The predicted molar refractivity (Wildman–Crippen MR) is 82.0 cm³/mol. The third-order valence-corrected chi connectivity index (χ3v) is 7.14. The van der Waals surface area contributed by atoms with Gasteiger partial charge in [0.2, 0.25) is 0 Å². The molecule has 2 fully saturated rings. The molecule has 2 nitrogen and oxygen atoms in total. The van der Waals surface area contributed by atoms with Gasteiger partial charge in [0, 0.05) is 17.2 Å². The first kappa shape index (κ1) is 13.9. The van der Waals surface area contributed by atoms with Gasteiger partial charge >= 0.3 is 0 Å². The van der Waals surface area contributed by atoms with Crippen LogP contribution in [-0.2, 0) is 10.3 Å². The van der Waals surface area contributed by atoms with Crippen LogP contribution in [0.4, 0.5) is 0 Å². The van der Waals surface area contributed by atoms with Crippen molar-refractivity contribution in [3.63, 3.8) is 0 Å². The quantitative estimate of drug-likeness (QED) is 0.905. The summed E-state index contributed by atoms with van der Waals surface area (Å²) in [5.41, 5.74) is 0.557. The van der Waals surface area contributed by atoms with Gasteiger partial charge in [0.1, 0.15) is 0 Å². The molecule has 19 heavy (non-hydrogen) atoms. The van der Waals surface area contributed by atoms with Gasteiger partial charge in [-0.2, -0.15) is 11.8 Å².